The third-order valence-corrected chi connectivity index (χ3v) is 7.75. The normalized spacial score (nSPS) is 15.3. The molecule has 5 aromatic rings. The molecule has 0 saturated carbocycles. The van der Waals surface area contributed by atoms with Crippen molar-refractivity contribution in [2.45, 2.75) is 44.4 Å². The number of piperidine rings is 1. The predicted molar refractivity (Wildman–Crippen MR) is 146 cm³/mol. The molecule has 1 N–H and O–H groups in total. The number of amides is 1. The van der Waals surface area contributed by atoms with E-state index in [0.717, 1.165) is 54.5 Å². The third-order valence-electron chi connectivity index (χ3n) is 7.75. The summed E-state index contributed by atoms with van der Waals surface area (Å²) in [5, 5.41) is 9.55. The molecule has 1 amide bonds. The van der Waals surface area contributed by atoms with Crippen molar-refractivity contribution in [3.05, 3.63) is 102 Å². The van der Waals surface area contributed by atoms with Crippen molar-refractivity contribution in [3.8, 4) is 0 Å². The Kier molecular flexibility index (Phi) is 6.39. The number of nitrogens with zero attached hydrogens (tertiary/aromatic N) is 4. The monoisotopic (exact) mass is 489 g/mol. The second-order valence-corrected chi connectivity index (χ2v) is 10.2. The summed E-state index contributed by atoms with van der Waals surface area (Å²) in [4.78, 5) is 24.8. The summed E-state index contributed by atoms with van der Waals surface area (Å²) < 4.78 is 0. The maximum Gasteiger partial charge on any atom is 0.223 e. The largest absolute Gasteiger partial charge is 0.343 e. The van der Waals surface area contributed by atoms with Crippen LogP contribution in [-0.4, -0.2) is 44.1 Å². The van der Waals surface area contributed by atoms with Gasteiger partial charge in [0.15, 0.2) is 0 Å². The fourth-order valence-electron chi connectivity index (χ4n) is 5.73. The zero-order valence-electron chi connectivity index (χ0n) is 21.1. The first kappa shape index (κ1) is 23.3. The minimum Gasteiger partial charge on any atom is -0.343 e. The molecule has 3 aromatic heterocycles. The van der Waals surface area contributed by atoms with Crippen LogP contribution in [0.5, 0.6) is 0 Å². The van der Waals surface area contributed by atoms with Crippen molar-refractivity contribution in [3.63, 3.8) is 0 Å². The predicted octanol–water partition coefficient (Wildman–Crippen LogP) is 5.94. The highest BCUT2D eigenvalue weighted by Crippen LogP contribution is 2.31. The van der Waals surface area contributed by atoms with Gasteiger partial charge in [0.2, 0.25) is 5.91 Å². The molecule has 37 heavy (non-hydrogen) atoms. The molecule has 0 spiro atoms. The van der Waals surface area contributed by atoms with E-state index in [1.807, 2.05) is 53.8 Å². The van der Waals surface area contributed by atoms with Gasteiger partial charge < -0.3 is 4.90 Å². The Morgan fingerprint density at radius 2 is 1.84 bits per heavy atom. The molecule has 0 aliphatic carbocycles. The third kappa shape index (κ3) is 4.96. The van der Waals surface area contributed by atoms with Gasteiger partial charge in [-0.3, -0.25) is 19.9 Å². The number of fused-ring (bicyclic) bond motifs is 2. The lowest BCUT2D eigenvalue weighted by Gasteiger charge is -2.33. The smallest absolute Gasteiger partial charge is 0.223 e. The van der Waals surface area contributed by atoms with Gasteiger partial charge in [-0.15, -0.1) is 0 Å². The minimum absolute atomic E-state index is 0.0277. The molecule has 1 aliphatic heterocycles. The van der Waals surface area contributed by atoms with Crippen molar-refractivity contribution in [1.82, 2.24) is 25.1 Å². The highest BCUT2D eigenvalue weighted by molar-refractivity contribution is 5.82. The number of rotatable bonds is 6. The van der Waals surface area contributed by atoms with Crippen LogP contribution in [0.25, 0.3) is 21.8 Å². The molecule has 1 fully saturated rings. The average Bonchev–Trinajstić information content (AvgIpc) is 3.42. The molecule has 186 valence electrons. The van der Waals surface area contributed by atoms with Gasteiger partial charge in [0.25, 0.3) is 0 Å². The van der Waals surface area contributed by atoms with E-state index in [-0.39, 0.29) is 11.8 Å². The molecule has 1 atom stereocenters. The summed E-state index contributed by atoms with van der Waals surface area (Å²) in [6, 6.07) is 20.9. The van der Waals surface area contributed by atoms with E-state index < -0.39 is 0 Å². The van der Waals surface area contributed by atoms with E-state index >= 15 is 0 Å². The average molecular weight is 490 g/mol. The summed E-state index contributed by atoms with van der Waals surface area (Å²) in [6.45, 7) is 3.66. The van der Waals surface area contributed by atoms with E-state index in [1.165, 1.54) is 22.1 Å². The standard InChI is InChI=1S/C31H31N5O/c1-21-14-22(16-27-20-34-35-31(21)27)15-25(29-8-4-5-11-32-29)18-30(37)36-12-9-23(10-13-36)26-17-24-6-2-3-7-28(24)33-19-26/h2-8,11,14,16-17,19-20,23,25H,9-10,12-13,15,18H2,1H3,(H,34,35). The zero-order valence-corrected chi connectivity index (χ0v) is 21.1. The van der Waals surface area contributed by atoms with Crippen molar-refractivity contribution in [1.29, 1.82) is 0 Å². The van der Waals surface area contributed by atoms with Crippen LogP contribution >= 0.6 is 0 Å². The minimum atomic E-state index is 0.0277. The van der Waals surface area contributed by atoms with Crippen LogP contribution in [0.2, 0.25) is 0 Å². The first-order chi connectivity index (χ1) is 18.1. The Hall–Kier alpha value is -4.06. The van der Waals surface area contributed by atoms with Crippen LogP contribution in [0.1, 0.15) is 53.5 Å². The number of pyridine rings is 2. The maximum atomic E-state index is 13.5. The first-order valence-electron chi connectivity index (χ1n) is 13.1. The van der Waals surface area contributed by atoms with Gasteiger partial charge >= 0.3 is 0 Å². The number of aryl methyl sites for hydroxylation is 1. The molecule has 2 aromatic carbocycles. The fraction of sp³-hybridized carbons (Fsp3) is 0.290. The number of H-pyrrole nitrogens is 1. The lowest BCUT2D eigenvalue weighted by molar-refractivity contribution is -0.132. The van der Waals surface area contributed by atoms with Gasteiger partial charge in [-0.1, -0.05) is 30.3 Å². The molecule has 6 rings (SSSR count). The molecule has 6 heteroatoms. The molecule has 6 nitrogen and oxygen atoms in total. The summed E-state index contributed by atoms with van der Waals surface area (Å²) in [7, 11) is 0. The number of aromatic amines is 1. The van der Waals surface area contributed by atoms with Crippen LogP contribution in [0.4, 0.5) is 0 Å². The van der Waals surface area contributed by atoms with Crippen LogP contribution < -0.4 is 0 Å². The van der Waals surface area contributed by atoms with Gasteiger partial charge in [0.05, 0.1) is 17.2 Å². The SMILES string of the molecule is Cc1cc(CC(CC(=O)N2CCC(c3cnc4ccccc4c3)CC2)c2ccccn2)cc2cn[nH]c12. The van der Waals surface area contributed by atoms with Crippen molar-refractivity contribution < 1.29 is 4.79 Å². The van der Waals surface area contributed by atoms with Crippen LogP contribution in [0.15, 0.2) is 79.3 Å². The number of benzene rings is 2. The lowest BCUT2D eigenvalue weighted by atomic mass is 9.88. The summed E-state index contributed by atoms with van der Waals surface area (Å²) in [5.74, 6) is 0.684. The van der Waals surface area contributed by atoms with Crippen molar-refractivity contribution in [2.75, 3.05) is 13.1 Å². The Bertz CT molecular complexity index is 1540. The quantitative estimate of drug-likeness (QED) is 0.320. The molecule has 0 radical (unpaired) electrons. The number of aromatic nitrogens is 4. The molecular weight excluding hydrogens is 458 g/mol. The van der Waals surface area contributed by atoms with Gasteiger partial charge in [0, 0.05) is 54.3 Å². The highest BCUT2D eigenvalue weighted by atomic mass is 16.2. The molecule has 1 saturated heterocycles. The Labute approximate surface area is 216 Å². The topological polar surface area (TPSA) is 74.8 Å². The second kappa shape index (κ2) is 10.1. The summed E-state index contributed by atoms with van der Waals surface area (Å²) >= 11 is 0. The second-order valence-electron chi connectivity index (χ2n) is 10.2. The number of nitrogens with one attached hydrogen (secondary N) is 1. The van der Waals surface area contributed by atoms with Gasteiger partial charge in [0.1, 0.15) is 0 Å². The van der Waals surface area contributed by atoms with Gasteiger partial charge in [-0.2, -0.15) is 5.10 Å². The van der Waals surface area contributed by atoms with Gasteiger partial charge in [-0.05, 0) is 79.1 Å². The Morgan fingerprint density at radius 1 is 1.00 bits per heavy atom. The van der Waals surface area contributed by atoms with Crippen molar-refractivity contribution in [2.24, 2.45) is 0 Å². The van der Waals surface area contributed by atoms with Crippen LogP contribution in [0.3, 0.4) is 0 Å². The molecule has 0 bridgehead atoms. The summed E-state index contributed by atoms with van der Waals surface area (Å²) in [5.41, 5.74) is 6.72. The van der Waals surface area contributed by atoms with E-state index in [9.17, 15) is 4.79 Å². The van der Waals surface area contributed by atoms with Crippen molar-refractivity contribution >= 4 is 27.7 Å². The fourth-order valence-corrected chi connectivity index (χ4v) is 5.73. The molecule has 1 unspecified atom stereocenters. The number of hydrogen-bond acceptors (Lipinski definition) is 4. The van der Waals surface area contributed by atoms with E-state index in [2.05, 4.69) is 57.4 Å². The number of likely N-dealkylation sites (tertiary alicyclic amines) is 1. The highest BCUT2D eigenvalue weighted by Gasteiger charge is 2.27. The number of carbonyl (C=O) groups is 1. The maximum absolute atomic E-state index is 13.5. The summed E-state index contributed by atoms with van der Waals surface area (Å²) in [6.07, 6.45) is 8.86. The molecule has 1 aliphatic rings. The Balaban J connectivity index is 1.15. The number of para-hydroxylation sites is 1. The number of carbonyl (C=O) groups excluding carboxylic acids is 1. The Morgan fingerprint density at radius 3 is 2.68 bits per heavy atom. The molecule has 4 heterocycles. The van der Waals surface area contributed by atoms with E-state index in [4.69, 9.17) is 0 Å². The van der Waals surface area contributed by atoms with E-state index in [0.29, 0.717) is 12.3 Å². The van der Waals surface area contributed by atoms with Gasteiger partial charge in [-0.25, -0.2) is 0 Å². The first-order valence-corrected chi connectivity index (χ1v) is 13.1. The molecular formula is C31H31N5O. The van der Waals surface area contributed by atoms with Crippen LogP contribution in [0, 0.1) is 6.92 Å². The number of hydrogen-bond donors (Lipinski definition) is 1. The zero-order chi connectivity index (χ0) is 25.2. The lowest BCUT2D eigenvalue weighted by Crippen LogP contribution is -2.38. The van der Waals surface area contributed by atoms with Crippen LogP contribution in [-0.2, 0) is 11.2 Å². The van der Waals surface area contributed by atoms with E-state index in [1.54, 1.807) is 0 Å².